The SMILES string of the molecule is COP(=O)(O)OC1CC(n2cc(C)c(=O)[nH]c2=O)OC1CC(C)C. The van der Waals surface area contributed by atoms with Crippen LogP contribution in [-0.2, 0) is 18.3 Å². The van der Waals surface area contributed by atoms with Crippen LogP contribution in [0.4, 0.5) is 0 Å². The first-order chi connectivity index (χ1) is 11.1. The van der Waals surface area contributed by atoms with Crippen LogP contribution in [0.1, 0.15) is 38.5 Å². The summed E-state index contributed by atoms with van der Waals surface area (Å²) >= 11 is 0. The number of phosphoric ester groups is 1. The monoisotopic (exact) mass is 362 g/mol. The number of hydrogen-bond acceptors (Lipinski definition) is 6. The topological polar surface area (TPSA) is 120 Å². The van der Waals surface area contributed by atoms with Crippen LogP contribution in [0.2, 0.25) is 0 Å². The molecule has 0 bridgehead atoms. The van der Waals surface area contributed by atoms with Crippen molar-refractivity contribution in [1.82, 2.24) is 9.55 Å². The number of aromatic nitrogens is 2. The van der Waals surface area contributed by atoms with E-state index in [9.17, 15) is 19.0 Å². The molecule has 2 heterocycles. The number of hydrogen-bond donors (Lipinski definition) is 2. The van der Waals surface area contributed by atoms with Gasteiger partial charge in [0.1, 0.15) is 6.23 Å². The Morgan fingerprint density at radius 2 is 2.17 bits per heavy atom. The third-order valence-corrected chi connectivity index (χ3v) is 4.84. The number of aryl methyl sites for hydroxylation is 1. The zero-order valence-corrected chi connectivity index (χ0v) is 15.0. The van der Waals surface area contributed by atoms with E-state index >= 15 is 0 Å². The lowest BCUT2D eigenvalue weighted by molar-refractivity contribution is -0.0300. The maximum absolute atomic E-state index is 12.0. The molecule has 0 aliphatic carbocycles. The van der Waals surface area contributed by atoms with E-state index in [2.05, 4.69) is 9.51 Å². The van der Waals surface area contributed by atoms with Gasteiger partial charge >= 0.3 is 13.5 Å². The Labute approximate surface area is 139 Å². The third kappa shape index (κ3) is 4.43. The highest BCUT2D eigenvalue weighted by molar-refractivity contribution is 7.47. The number of phosphoric acid groups is 1. The molecule has 2 N–H and O–H groups in total. The fraction of sp³-hybridized carbons (Fsp3) is 0.714. The summed E-state index contributed by atoms with van der Waals surface area (Å²) in [6.45, 7) is 5.55. The molecule has 1 aromatic heterocycles. The molecule has 136 valence electrons. The summed E-state index contributed by atoms with van der Waals surface area (Å²) in [5.74, 6) is 0.259. The molecule has 1 aliphatic rings. The zero-order chi connectivity index (χ0) is 18.1. The molecule has 4 atom stereocenters. The molecule has 0 aromatic carbocycles. The van der Waals surface area contributed by atoms with E-state index in [0.717, 1.165) is 7.11 Å². The molecule has 1 aromatic rings. The van der Waals surface area contributed by atoms with Crippen molar-refractivity contribution in [3.05, 3.63) is 32.6 Å². The number of aromatic amines is 1. The average molecular weight is 362 g/mol. The van der Waals surface area contributed by atoms with Crippen LogP contribution in [0.3, 0.4) is 0 Å². The minimum atomic E-state index is -4.18. The predicted octanol–water partition coefficient (Wildman–Crippen LogP) is 1.31. The second kappa shape index (κ2) is 7.33. The highest BCUT2D eigenvalue weighted by Gasteiger charge is 2.41. The fourth-order valence-electron chi connectivity index (χ4n) is 2.67. The normalized spacial score (nSPS) is 26.7. The lowest BCUT2D eigenvalue weighted by atomic mass is 10.0. The van der Waals surface area contributed by atoms with Gasteiger partial charge in [0.2, 0.25) is 0 Å². The van der Waals surface area contributed by atoms with Crippen molar-refractivity contribution in [2.24, 2.45) is 5.92 Å². The van der Waals surface area contributed by atoms with E-state index in [0.29, 0.717) is 12.0 Å². The van der Waals surface area contributed by atoms with E-state index < -0.39 is 37.5 Å². The summed E-state index contributed by atoms with van der Waals surface area (Å²) in [4.78, 5) is 35.3. The summed E-state index contributed by atoms with van der Waals surface area (Å²) in [5, 5.41) is 0. The summed E-state index contributed by atoms with van der Waals surface area (Å²) in [6, 6.07) is 0. The van der Waals surface area contributed by atoms with Gasteiger partial charge in [0.05, 0.1) is 12.2 Å². The maximum atomic E-state index is 12.0. The van der Waals surface area contributed by atoms with E-state index in [1.165, 1.54) is 10.8 Å². The highest BCUT2D eigenvalue weighted by atomic mass is 31.2. The summed E-state index contributed by atoms with van der Waals surface area (Å²) in [6.07, 6.45) is 0.324. The Bertz CT molecular complexity index is 741. The van der Waals surface area contributed by atoms with Gasteiger partial charge in [-0.25, -0.2) is 9.36 Å². The lowest BCUT2D eigenvalue weighted by Crippen LogP contribution is -2.33. The van der Waals surface area contributed by atoms with Gasteiger partial charge in [-0.3, -0.25) is 23.4 Å². The number of nitrogens with one attached hydrogen (secondary N) is 1. The van der Waals surface area contributed by atoms with Crippen molar-refractivity contribution < 1.29 is 23.2 Å². The van der Waals surface area contributed by atoms with E-state index in [1.54, 1.807) is 6.92 Å². The van der Waals surface area contributed by atoms with Gasteiger partial charge in [-0.15, -0.1) is 0 Å². The molecule has 9 nitrogen and oxygen atoms in total. The standard InChI is InChI=1S/C14H23N2O7P/c1-8(2)5-10-11(23-24(19,20)21-4)6-12(22-10)16-7-9(3)13(17)15-14(16)18/h7-8,10-12H,5-6H2,1-4H3,(H,19,20)(H,15,17,18). The Morgan fingerprint density at radius 1 is 1.50 bits per heavy atom. The van der Waals surface area contributed by atoms with Gasteiger partial charge < -0.3 is 9.63 Å². The first-order valence-electron chi connectivity index (χ1n) is 7.67. The van der Waals surface area contributed by atoms with Crippen LogP contribution in [0.15, 0.2) is 15.8 Å². The zero-order valence-electron chi connectivity index (χ0n) is 14.1. The van der Waals surface area contributed by atoms with Crippen LogP contribution >= 0.6 is 7.82 Å². The van der Waals surface area contributed by atoms with E-state index in [1.807, 2.05) is 13.8 Å². The lowest BCUT2D eigenvalue weighted by Gasteiger charge is -2.21. The first-order valence-corrected chi connectivity index (χ1v) is 9.17. The minimum Gasteiger partial charge on any atom is -0.352 e. The summed E-state index contributed by atoms with van der Waals surface area (Å²) in [7, 11) is -3.09. The molecule has 10 heteroatoms. The first kappa shape index (κ1) is 19.1. The molecule has 1 aliphatic heterocycles. The van der Waals surface area contributed by atoms with Gasteiger partial charge in [-0.1, -0.05) is 13.8 Å². The molecule has 0 amide bonds. The second-order valence-electron chi connectivity index (χ2n) is 6.27. The Hall–Kier alpha value is -1.25. The number of nitrogens with zero attached hydrogens (tertiary/aromatic N) is 1. The van der Waals surface area contributed by atoms with Gasteiger partial charge in [-0.2, -0.15) is 0 Å². The quantitative estimate of drug-likeness (QED) is 0.732. The van der Waals surface area contributed by atoms with Crippen molar-refractivity contribution in [3.63, 3.8) is 0 Å². The van der Waals surface area contributed by atoms with Crippen molar-refractivity contribution in [1.29, 1.82) is 0 Å². The molecule has 0 spiro atoms. The van der Waals surface area contributed by atoms with Crippen LogP contribution in [-0.4, -0.2) is 33.8 Å². The highest BCUT2D eigenvalue weighted by Crippen LogP contribution is 2.48. The van der Waals surface area contributed by atoms with Crippen LogP contribution in [0, 0.1) is 12.8 Å². The van der Waals surface area contributed by atoms with Gasteiger partial charge in [0.25, 0.3) is 5.56 Å². The fourth-order valence-corrected chi connectivity index (χ4v) is 3.32. The third-order valence-electron chi connectivity index (χ3n) is 3.84. The summed E-state index contributed by atoms with van der Waals surface area (Å²) in [5.41, 5.74) is -0.689. The number of rotatable bonds is 6. The molecule has 0 saturated carbocycles. The molecular formula is C14H23N2O7P. The van der Waals surface area contributed by atoms with E-state index in [-0.39, 0.29) is 12.3 Å². The van der Waals surface area contributed by atoms with Crippen molar-refractivity contribution >= 4 is 7.82 Å². The minimum absolute atomic E-state index is 0.191. The smallest absolute Gasteiger partial charge is 0.352 e. The van der Waals surface area contributed by atoms with Crippen LogP contribution < -0.4 is 11.2 Å². The van der Waals surface area contributed by atoms with E-state index in [4.69, 9.17) is 9.26 Å². The summed E-state index contributed by atoms with van der Waals surface area (Å²) < 4.78 is 28.5. The molecule has 2 rings (SSSR count). The Kier molecular flexibility index (Phi) is 5.83. The molecule has 1 saturated heterocycles. The molecule has 1 fully saturated rings. The maximum Gasteiger partial charge on any atom is 0.472 e. The molecule has 4 unspecified atom stereocenters. The Balaban J connectivity index is 2.28. The average Bonchev–Trinajstić information content (AvgIpc) is 2.84. The number of H-pyrrole nitrogens is 1. The van der Waals surface area contributed by atoms with Crippen molar-refractivity contribution in [3.8, 4) is 0 Å². The second-order valence-corrected chi connectivity index (χ2v) is 7.78. The van der Waals surface area contributed by atoms with Gasteiger partial charge in [0.15, 0.2) is 0 Å². The molecular weight excluding hydrogens is 339 g/mol. The van der Waals surface area contributed by atoms with Crippen molar-refractivity contribution in [2.75, 3.05) is 7.11 Å². The number of ether oxygens (including phenoxy) is 1. The van der Waals surface area contributed by atoms with Gasteiger partial charge in [0, 0.05) is 25.3 Å². The molecule has 24 heavy (non-hydrogen) atoms. The largest absolute Gasteiger partial charge is 0.472 e. The van der Waals surface area contributed by atoms with Crippen LogP contribution in [0.5, 0.6) is 0 Å². The van der Waals surface area contributed by atoms with Crippen molar-refractivity contribution in [2.45, 2.75) is 52.0 Å². The van der Waals surface area contributed by atoms with Crippen LogP contribution in [0.25, 0.3) is 0 Å². The molecule has 0 radical (unpaired) electrons. The van der Waals surface area contributed by atoms with Gasteiger partial charge in [-0.05, 0) is 19.3 Å². The Morgan fingerprint density at radius 3 is 2.75 bits per heavy atom. The predicted molar refractivity (Wildman–Crippen MR) is 85.7 cm³/mol.